The molecular weight excluding hydrogens is 275 g/mol. The van der Waals surface area contributed by atoms with Crippen LogP contribution < -0.4 is 0 Å². The second-order valence-electron chi connectivity index (χ2n) is 3.07. The Hall–Kier alpha value is -1.03. The van der Waals surface area contributed by atoms with Crippen molar-refractivity contribution in [3.05, 3.63) is 0 Å². The molecule has 0 aromatic heterocycles. The minimum atomic E-state index is -3.21. The summed E-state index contributed by atoms with van der Waals surface area (Å²) in [7, 11) is -0.820. The predicted molar refractivity (Wildman–Crippen MR) is 60.7 cm³/mol. The highest BCUT2D eigenvalue weighted by Gasteiger charge is 2.17. The summed E-state index contributed by atoms with van der Waals surface area (Å²) in [6.45, 7) is -0.296. The largest absolute Gasteiger partial charge is 0.448 e. The Bertz CT molecular complexity index is 386. The summed E-state index contributed by atoms with van der Waals surface area (Å²) in [6, 6.07) is 0. The van der Waals surface area contributed by atoms with Crippen molar-refractivity contribution < 1.29 is 27.1 Å². The van der Waals surface area contributed by atoms with Gasteiger partial charge in [-0.3, -0.25) is 0 Å². The second-order valence-corrected chi connectivity index (χ2v) is 6.59. The molecule has 0 fully saturated rings. The monoisotopic (exact) mass is 288 g/mol. The minimum absolute atomic E-state index is 0.296. The van der Waals surface area contributed by atoms with Crippen LogP contribution in [0.15, 0.2) is 0 Å². The summed E-state index contributed by atoms with van der Waals surface area (Å²) < 4.78 is 39.6. The zero-order chi connectivity index (χ0) is 13.6. The van der Waals surface area contributed by atoms with Gasteiger partial charge in [0.15, 0.2) is 9.84 Å². The molecule has 0 atom stereocenters. The maximum atomic E-state index is 12.1. The van der Waals surface area contributed by atoms with Gasteiger partial charge in [-0.1, -0.05) is 0 Å². The van der Waals surface area contributed by atoms with Crippen LogP contribution in [0.2, 0.25) is 0 Å². The molecular formula is C7H13FN2O5S2. The van der Waals surface area contributed by atoms with Crippen LogP contribution in [0, 0.1) is 0 Å². The normalized spacial score (nSPS) is 10.8. The fourth-order valence-electron chi connectivity index (χ4n) is 0.620. The van der Waals surface area contributed by atoms with Gasteiger partial charge in [0.05, 0.1) is 17.9 Å². The molecule has 0 unspecified atom stereocenters. The van der Waals surface area contributed by atoms with E-state index in [-0.39, 0.29) is 12.4 Å². The van der Waals surface area contributed by atoms with Gasteiger partial charge in [0.25, 0.3) is 0 Å². The van der Waals surface area contributed by atoms with E-state index in [1.807, 2.05) is 0 Å². The first-order valence-corrected chi connectivity index (χ1v) is 7.12. The summed E-state index contributed by atoms with van der Waals surface area (Å²) in [5.74, 6) is -0.297. The van der Waals surface area contributed by atoms with Gasteiger partial charge in [-0.05, 0) is 0 Å². The molecule has 0 rings (SSSR count). The van der Waals surface area contributed by atoms with Gasteiger partial charge in [-0.2, -0.15) is 0 Å². The highest BCUT2D eigenvalue weighted by Crippen LogP contribution is 2.14. The van der Waals surface area contributed by atoms with E-state index in [2.05, 4.69) is 4.74 Å². The highest BCUT2D eigenvalue weighted by atomic mass is 32.2. The molecule has 0 bridgehead atoms. The average Bonchev–Trinajstić information content (AvgIpc) is 2.15. The first kappa shape index (κ1) is 16.0. The van der Waals surface area contributed by atoms with E-state index in [0.717, 1.165) is 17.6 Å². The maximum absolute atomic E-state index is 12.1. The lowest BCUT2D eigenvalue weighted by molar-refractivity contribution is 0.138. The van der Waals surface area contributed by atoms with Crippen molar-refractivity contribution in [3.8, 4) is 0 Å². The smallest absolute Gasteiger partial charge is 0.420 e. The van der Waals surface area contributed by atoms with Crippen molar-refractivity contribution in [2.24, 2.45) is 0 Å². The van der Waals surface area contributed by atoms with Crippen LogP contribution in [0.3, 0.4) is 0 Å². The summed E-state index contributed by atoms with van der Waals surface area (Å²) in [5.41, 5.74) is 0. The van der Waals surface area contributed by atoms with Crippen molar-refractivity contribution in [1.29, 1.82) is 0 Å². The fraction of sp³-hybridized carbons (Fsp3) is 0.714. The number of hydrogen-bond donors (Lipinski definition) is 0. The Balaban J connectivity index is 4.03. The summed E-state index contributed by atoms with van der Waals surface area (Å²) in [4.78, 5) is 21.4. The van der Waals surface area contributed by atoms with Crippen LogP contribution >= 0.6 is 12.1 Å². The first-order chi connectivity index (χ1) is 7.63. The molecule has 0 spiro atoms. The number of nitrogens with zero attached hydrogens (tertiary/aromatic N) is 2. The molecule has 0 aliphatic carbocycles. The fourth-order valence-corrected chi connectivity index (χ4v) is 1.56. The molecule has 0 saturated heterocycles. The predicted octanol–water partition coefficient (Wildman–Crippen LogP) is 0.684. The molecule has 0 heterocycles. The van der Waals surface area contributed by atoms with Gasteiger partial charge in [0, 0.05) is 20.4 Å². The van der Waals surface area contributed by atoms with Crippen molar-refractivity contribution in [2.75, 3.05) is 32.7 Å². The number of sulfone groups is 1. The Labute approximate surface area is 103 Å². The molecule has 0 aromatic carbocycles. The number of hydrogen-bond acceptors (Lipinski definition) is 6. The van der Waals surface area contributed by atoms with Crippen LogP contribution in [-0.2, 0) is 14.6 Å². The SMILES string of the molecule is CN(SN(C)C(=O)OCCS(C)(=O)=O)C(=O)F. The van der Waals surface area contributed by atoms with Gasteiger partial charge in [-0.15, -0.1) is 4.39 Å². The third kappa shape index (κ3) is 7.80. The molecule has 7 nitrogen and oxygen atoms in total. The molecule has 0 aliphatic heterocycles. The van der Waals surface area contributed by atoms with Gasteiger partial charge < -0.3 is 4.74 Å². The van der Waals surface area contributed by atoms with Crippen LogP contribution in [0.4, 0.5) is 14.0 Å². The Morgan fingerprint density at radius 3 is 2.24 bits per heavy atom. The van der Waals surface area contributed by atoms with Crippen molar-refractivity contribution in [1.82, 2.24) is 8.61 Å². The number of amides is 2. The zero-order valence-electron chi connectivity index (χ0n) is 9.54. The first-order valence-electron chi connectivity index (χ1n) is 4.33. The van der Waals surface area contributed by atoms with Gasteiger partial charge >= 0.3 is 12.3 Å². The van der Waals surface area contributed by atoms with Crippen molar-refractivity contribution >= 4 is 34.2 Å². The van der Waals surface area contributed by atoms with E-state index in [9.17, 15) is 22.4 Å². The molecule has 0 N–H and O–H groups in total. The Morgan fingerprint density at radius 2 is 1.82 bits per heavy atom. The second kappa shape index (κ2) is 6.64. The number of rotatable bonds is 5. The van der Waals surface area contributed by atoms with Crippen LogP contribution in [-0.4, -0.2) is 62.0 Å². The molecule has 2 amide bonds. The zero-order valence-corrected chi connectivity index (χ0v) is 11.2. The summed E-state index contributed by atoms with van der Waals surface area (Å²) in [5, 5.41) is 0. The van der Waals surface area contributed by atoms with Crippen molar-refractivity contribution in [3.63, 3.8) is 0 Å². The third-order valence-corrected chi connectivity index (χ3v) is 3.12. The van der Waals surface area contributed by atoms with Crippen LogP contribution in [0.25, 0.3) is 0 Å². The van der Waals surface area contributed by atoms with Crippen molar-refractivity contribution in [2.45, 2.75) is 0 Å². The highest BCUT2D eigenvalue weighted by molar-refractivity contribution is 7.95. The molecule has 0 aromatic rings. The Kier molecular flexibility index (Phi) is 6.24. The summed E-state index contributed by atoms with van der Waals surface area (Å²) in [6.07, 6.45) is -1.58. The van der Waals surface area contributed by atoms with Crippen LogP contribution in [0.1, 0.15) is 0 Å². The molecule has 0 aliphatic rings. The Morgan fingerprint density at radius 1 is 1.29 bits per heavy atom. The number of carbonyl (C=O) groups is 2. The quantitative estimate of drug-likeness (QED) is 0.420. The van der Waals surface area contributed by atoms with E-state index >= 15 is 0 Å². The van der Waals surface area contributed by atoms with Gasteiger partial charge in [0.2, 0.25) is 0 Å². The van der Waals surface area contributed by atoms with E-state index in [1.54, 1.807) is 0 Å². The lowest BCUT2D eigenvalue weighted by Crippen LogP contribution is -2.28. The topological polar surface area (TPSA) is 84.0 Å². The molecule has 0 saturated carbocycles. The number of halogens is 1. The van der Waals surface area contributed by atoms with E-state index in [1.165, 1.54) is 7.05 Å². The average molecular weight is 288 g/mol. The standard InChI is InChI=1S/C7H13FN2O5S2/c1-9(6(8)11)16-10(2)7(12)15-4-5-17(3,13)14/h4-5H2,1-3H3. The number of carbonyl (C=O) groups excluding carboxylic acids is 2. The maximum Gasteiger partial charge on any atom is 0.420 e. The third-order valence-electron chi connectivity index (χ3n) is 1.43. The molecule has 17 heavy (non-hydrogen) atoms. The van der Waals surface area contributed by atoms with E-state index < -0.39 is 22.1 Å². The lowest BCUT2D eigenvalue weighted by atomic mass is 10.8. The molecule has 10 heteroatoms. The van der Waals surface area contributed by atoms with Gasteiger partial charge in [0.1, 0.15) is 6.61 Å². The molecule has 100 valence electrons. The van der Waals surface area contributed by atoms with E-state index in [4.69, 9.17) is 0 Å². The summed E-state index contributed by atoms with van der Waals surface area (Å²) >= 11 is 0.492. The lowest BCUT2D eigenvalue weighted by Gasteiger charge is -2.19. The number of ether oxygens (including phenoxy) is 1. The van der Waals surface area contributed by atoms with E-state index in [0.29, 0.717) is 16.4 Å². The minimum Gasteiger partial charge on any atom is -0.448 e. The van der Waals surface area contributed by atoms with Gasteiger partial charge in [-0.25, -0.2) is 26.6 Å². The van der Waals surface area contributed by atoms with Crippen LogP contribution in [0.5, 0.6) is 0 Å². The molecule has 0 radical (unpaired) electrons.